The molecule has 3 saturated carbocycles. The van der Waals surface area contributed by atoms with E-state index in [0.29, 0.717) is 6.10 Å². The van der Waals surface area contributed by atoms with E-state index < -0.39 is 0 Å². The highest BCUT2D eigenvalue weighted by Gasteiger charge is 2.30. The molecule has 1 heteroatoms. The van der Waals surface area contributed by atoms with Gasteiger partial charge in [-0.05, 0) is 102 Å². The summed E-state index contributed by atoms with van der Waals surface area (Å²) in [6, 6.07) is 0. The van der Waals surface area contributed by atoms with Crippen LogP contribution in [0.3, 0.4) is 0 Å². The van der Waals surface area contributed by atoms with Crippen LogP contribution in [0.1, 0.15) is 104 Å². The Morgan fingerprint density at radius 3 is 1.79 bits per heavy atom. The van der Waals surface area contributed by atoms with E-state index in [2.05, 4.69) is 13.8 Å². The summed E-state index contributed by atoms with van der Waals surface area (Å²) in [5.74, 6) is 3.07. The van der Waals surface area contributed by atoms with Gasteiger partial charge in [-0.25, -0.2) is 0 Å². The fourth-order valence-electron chi connectivity index (χ4n) is 5.85. The molecule has 0 amide bonds. The van der Waals surface area contributed by atoms with Gasteiger partial charge >= 0.3 is 0 Å². The molecule has 24 heavy (non-hydrogen) atoms. The molecular formula is C23H40O. The van der Waals surface area contributed by atoms with E-state index in [9.17, 15) is 0 Å². The van der Waals surface area contributed by atoms with Crippen molar-refractivity contribution in [1.29, 1.82) is 0 Å². The smallest absolute Gasteiger partial charge is 0.0575 e. The Kier molecular flexibility index (Phi) is 7.25. The highest BCUT2D eigenvalue weighted by Crippen LogP contribution is 2.43. The maximum Gasteiger partial charge on any atom is 0.0575 e. The van der Waals surface area contributed by atoms with Crippen molar-refractivity contribution in [3.05, 3.63) is 11.1 Å². The maximum atomic E-state index is 5.83. The third-order valence-corrected chi connectivity index (χ3v) is 7.33. The molecule has 138 valence electrons. The van der Waals surface area contributed by atoms with Crippen molar-refractivity contribution in [2.75, 3.05) is 6.61 Å². The molecule has 0 aromatic rings. The predicted octanol–water partition coefficient (Wildman–Crippen LogP) is 7.06. The normalized spacial score (nSPS) is 35.2. The molecule has 3 rings (SSSR count). The van der Waals surface area contributed by atoms with Gasteiger partial charge in [-0.2, -0.15) is 0 Å². The highest BCUT2D eigenvalue weighted by molar-refractivity contribution is 5.18. The zero-order valence-corrected chi connectivity index (χ0v) is 16.3. The van der Waals surface area contributed by atoms with Crippen LogP contribution in [0.15, 0.2) is 11.1 Å². The summed E-state index contributed by atoms with van der Waals surface area (Å²) in [6.07, 6.45) is 20.6. The number of allylic oxidation sites excluding steroid dienone is 2. The van der Waals surface area contributed by atoms with Crippen LogP contribution in [0.5, 0.6) is 0 Å². The number of hydrogen-bond acceptors (Lipinski definition) is 1. The first-order valence-corrected chi connectivity index (χ1v) is 11.1. The molecule has 3 aliphatic rings. The first-order chi connectivity index (χ1) is 11.8. The van der Waals surface area contributed by atoms with Crippen molar-refractivity contribution in [3.63, 3.8) is 0 Å². The molecule has 0 radical (unpaired) electrons. The number of rotatable bonds is 5. The van der Waals surface area contributed by atoms with Crippen molar-refractivity contribution < 1.29 is 4.74 Å². The molecular weight excluding hydrogens is 292 g/mol. The lowest BCUT2D eigenvalue weighted by atomic mass is 9.70. The Morgan fingerprint density at radius 2 is 1.25 bits per heavy atom. The largest absolute Gasteiger partial charge is 0.379 e. The van der Waals surface area contributed by atoms with Crippen molar-refractivity contribution >= 4 is 0 Å². The monoisotopic (exact) mass is 332 g/mol. The van der Waals surface area contributed by atoms with Gasteiger partial charge in [0.2, 0.25) is 0 Å². The zero-order valence-electron chi connectivity index (χ0n) is 16.3. The highest BCUT2D eigenvalue weighted by atomic mass is 16.5. The third-order valence-electron chi connectivity index (χ3n) is 7.33. The minimum absolute atomic E-state index is 0.575. The van der Waals surface area contributed by atoms with Crippen LogP contribution in [0.4, 0.5) is 0 Å². The Labute approximate surface area is 150 Å². The second-order valence-electron chi connectivity index (χ2n) is 8.77. The van der Waals surface area contributed by atoms with Crippen molar-refractivity contribution in [2.45, 2.75) is 110 Å². The van der Waals surface area contributed by atoms with E-state index in [4.69, 9.17) is 4.74 Å². The summed E-state index contributed by atoms with van der Waals surface area (Å²) < 4.78 is 5.83. The standard InChI is InChI=1S/C23H40O/c1-3-5-18-6-8-19(9-7-18)20-10-12-21(13-11-20)22-14-16-23(17-15-22)24-4-2/h18,21-23H,3-17H2,1-2H3. The topological polar surface area (TPSA) is 9.23 Å². The van der Waals surface area contributed by atoms with Gasteiger partial charge in [0.15, 0.2) is 0 Å². The van der Waals surface area contributed by atoms with Gasteiger partial charge in [0, 0.05) is 6.61 Å². The van der Waals surface area contributed by atoms with Crippen molar-refractivity contribution in [3.8, 4) is 0 Å². The third kappa shape index (κ3) is 4.87. The van der Waals surface area contributed by atoms with Crippen molar-refractivity contribution in [1.82, 2.24) is 0 Å². The van der Waals surface area contributed by atoms with Gasteiger partial charge in [-0.1, -0.05) is 30.9 Å². The first kappa shape index (κ1) is 18.5. The van der Waals surface area contributed by atoms with Gasteiger partial charge in [0.1, 0.15) is 0 Å². The van der Waals surface area contributed by atoms with E-state index in [1.54, 1.807) is 0 Å². The molecule has 0 unspecified atom stereocenters. The molecule has 0 N–H and O–H groups in total. The van der Waals surface area contributed by atoms with E-state index in [1.807, 2.05) is 11.1 Å². The number of ether oxygens (including phenoxy) is 1. The fourth-order valence-corrected chi connectivity index (χ4v) is 5.85. The second-order valence-corrected chi connectivity index (χ2v) is 8.77. The maximum absolute atomic E-state index is 5.83. The van der Waals surface area contributed by atoms with Crippen LogP contribution in [0.2, 0.25) is 0 Å². The van der Waals surface area contributed by atoms with Gasteiger partial charge < -0.3 is 4.74 Å². The van der Waals surface area contributed by atoms with E-state index in [1.165, 1.54) is 89.9 Å². The van der Waals surface area contributed by atoms with Crippen LogP contribution in [-0.4, -0.2) is 12.7 Å². The molecule has 3 fully saturated rings. The van der Waals surface area contributed by atoms with E-state index >= 15 is 0 Å². The molecule has 0 bridgehead atoms. The minimum Gasteiger partial charge on any atom is -0.379 e. The molecule has 0 aromatic carbocycles. The summed E-state index contributed by atoms with van der Waals surface area (Å²) in [5.41, 5.74) is 3.78. The Bertz CT molecular complexity index is 382. The molecule has 1 nitrogen and oxygen atoms in total. The van der Waals surface area contributed by atoms with Gasteiger partial charge in [0.05, 0.1) is 6.10 Å². The summed E-state index contributed by atoms with van der Waals surface area (Å²) in [6.45, 7) is 5.38. The molecule has 0 saturated heterocycles. The van der Waals surface area contributed by atoms with Gasteiger partial charge in [0.25, 0.3) is 0 Å². The summed E-state index contributed by atoms with van der Waals surface area (Å²) >= 11 is 0. The molecule has 0 spiro atoms. The van der Waals surface area contributed by atoms with Crippen LogP contribution < -0.4 is 0 Å². The fraction of sp³-hybridized carbons (Fsp3) is 0.913. The second kappa shape index (κ2) is 9.41. The lowest BCUT2D eigenvalue weighted by molar-refractivity contribution is 0.0160. The number of hydrogen-bond donors (Lipinski definition) is 0. The lowest BCUT2D eigenvalue weighted by Gasteiger charge is -2.37. The molecule has 0 atom stereocenters. The van der Waals surface area contributed by atoms with E-state index in [-0.39, 0.29) is 0 Å². The predicted molar refractivity (Wildman–Crippen MR) is 103 cm³/mol. The van der Waals surface area contributed by atoms with Crippen LogP contribution in [-0.2, 0) is 4.74 Å². The Hall–Kier alpha value is -0.300. The Morgan fingerprint density at radius 1 is 0.708 bits per heavy atom. The minimum atomic E-state index is 0.575. The van der Waals surface area contributed by atoms with E-state index in [0.717, 1.165) is 24.4 Å². The van der Waals surface area contributed by atoms with Crippen LogP contribution in [0.25, 0.3) is 0 Å². The zero-order chi connectivity index (χ0) is 16.8. The van der Waals surface area contributed by atoms with Gasteiger partial charge in [-0.3, -0.25) is 0 Å². The van der Waals surface area contributed by atoms with Gasteiger partial charge in [-0.15, -0.1) is 0 Å². The average Bonchev–Trinajstić information content (AvgIpc) is 2.64. The summed E-state index contributed by atoms with van der Waals surface area (Å²) in [4.78, 5) is 0. The quantitative estimate of drug-likeness (QED) is 0.490. The first-order valence-electron chi connectivity index (χ1n) is 11.1. The van der Waals surface area contributed by atoms with Crippen LogP contribution in [0, 0.1) is 17.8 Å². The SMILES string of the molecule is CCCC1CCC(=C2CCC(C3CCC(OCC)CC3)CC2)CC1. The molecule has 0 heterocycles. The average molecular weight is 333 g/mol. The lowest BCUT2D eigenvalue weighted by Crippen LogP contribution is -2.27. The Balaban J connectivity index is 1.42. The van der Waals surface area contributed by atoms with Crippen molar-refractivity contribution in [2.24, 2.45) is 17.8 Å². The molecule has 0 aliphatic heterocycles. The van der Waals surface area contributed by atoms with Crippen LogP contribution >= 0.6 is 0 Å². The molecule has 3 aliphatic carbocycles. The summed E-state index contributed by atoms with van der Waals surface area (Å²) in [5, 5.41) is 0. The summed E-state index contributed by atoms with van der Waals surface area (Å²) in [7, 11) is 0. The molecule has 0 aromatic heterocycles.